The second kappa shape index (κ2) is 6.48. The quantitative estimate of drug-likeness (QED) is 0.904. The van der Waals surface area contributed by atoms with Gasteiger partial charge in [-0.2, -0.15) is 0 Å². The summed E-state index contributed by atoms with van der Waals surface area (Å²) in [5, 5.41) is 0. The van der Waals surface area contributed by atoms with Gasteiger partial charge in [-0.1, -0.05) is 37.3 Å². The Morgan fingerprint density at radius 3 is 2.90 bits per heavy atom. The zero-order valence-corrected chi connectivity index (χ0v) is 12.7. The van der Waals surface area contributed by atoms with Crippen LogP contribution in [0.25, 0.3) is 0 Å². The average Bonchev–Trinajstić information content (AvgIpc) is 3.13. The molecule has 0 aromatic heterocycles. The standard InChI is InChI=1S/C17H25N3O/c1-13(14-6-3-2-4-7-14)10-15-11-19-17(18)20(15)12-16-8-5-9-21-16/h2-4,6-7,13,15-16H,5,8-12H2,1H3,(H2,18,19). The lowest BCUT2D eigenvalue weighted by Gasteiger charge is -2.30. The summed E-state index contributed by atoms with van der Waals surface area (Å²) in [5.74, 6) is 1.21. The number of ether oxygens (including phenoxy) is 1. The number of guanidine groups is 1. The molecule has 3 atom stereocenters. The normalized spacial score (nSPS) is 26.9. The van der Waals surface area contributed by atoms with Gasteiger partial charge in [0.15, 0.2) is 5.96 Å². The van der Waals surface area contributed by atoms with Crippen LogP contribution in [-0.4, -0.2) is 42.7 Å². The molecule has 2 aliphatic rings. The SMILES string of the molecule is CC(CC1CN=C(N)N1CC1CCCO1)c1ccccc1. The third-order valence-electron chi connectivity index (χ3n) is 4.62. The van der Waals surface area contributed by atoms with Crippen LogP contribution in [0.5, 0.6) is 0 Å². The van der Waals surface area contributed by atoms with Crippen molar-refractivity contribution in [3.05, 3.63) is 35.9 Å². The molecule has 3 rings (SSSR count). The monoisotopic (exact) mass is 287 g/mol. The van der Waals surface area contributed by atoms with Gasteiger partial charge in [-0.25, -0.2) is 0 Å². The molecule has 0 saturated carbocycles. The Morgan fingerprint density at radius 2 is 2.19 bits per heavy atom. The summed E-state index contributed by atoms with van der Waals surface area (Å²) < 4.78 is 5.75. The van der Waals surface area contributed by atoms with Crippen molar-refractivity contribution in [1.82, 2.24) is 4.90 Å². The highest BCUT2D eigenvalue weighted by molar-refractivity contribution is 5.80. The smallest absolute Gasteiger partial charge is 0.191 e. The van der Waals surface area contributed by atoms with E-state index in [2.05, 4.69) is 47.1 Å². The predicted molar refractivity (Wildman–Crippen MR) is 85.4 cm³/mol. The van der Waals surface area contributed by atoms with Gasteiger partial charge in [0, 0.05) is 13.2 Å². The molecule has 1 fully saturated rings. The fourth-order valence-corrected chi connectivity index (χ4v) is 3.35. The Labute approximate surface area is 127 Å². The van der Waals surface area contributed by atoms with Crippen molar-refractivity contribution in [1.29, 1.82) is 0 Å². The second-order valence-corrected chi connectivity index (χ2v) is 6.19. The summed E-state index contributed by atoms with van der Waals surface area (Å²) >= 11 is 0. The minimum atomic E-state index is 0.325. The molecule has 0 amide bonds. The van der Waals surface area contributed by atoms with Crippen LogP contribution in [0, 0.1) is 0 Å². The molecular formula is C17H25N3O. The third-order valence-corrected chi connectivity index (χ3v) is 4.62. The van der Waals surface area contributed by atoms with Gasteiger partial charge in [0.1, 0.15) is 0 Å². The summed E-state index contributed by atoms with van der Waals surface area (Å²) in [6.45, 7) is 4.88. The predicted octanol–water partition coefficient (Wildman–Crippen LogP) is 2.36. The van der Waals surface area contributed by atoms with Crippen LogP contribution in [-0.2, 0) is 4.74 Å². The average molecular weight is 287 g/mol. The zero-order chi connectivity index (χ0) is 14.7. The summed E-state index contributed by atoms with van der Waals surface area (Å²) in [4.78, 5) is 6.71. The molecule has 114 valence electrons. The Bertz CT molecular complexity index is 482. The largest absolute Gasteiger partial charge is 0.376 e. The van der Waals surface area contributed by atoms with Crippen molar-refractivity contribution < 1.29 is 4.74 Å². The number of hydrogen-bond donors (Lipinski definition) is 1. The number of nitrogens with zero attached hydrogens (tertiary/aromatic N) is 2. The maximum atomic E-state index is 6.08. The van der Waals surface area contributed by atoms with Gasteiger partial charge in [0.2, 0.25) is 0 Å². The van der Waals surface area contributed by atoms with Crippen molar-refractivity contribution in [2.24, 2.45) is 10.7 Å². The van der Waals surface area contributed by atoms with Crippen LogP contribution in [0.1, 0.15) is 37.7 Å². The molecule has 4 nitrogen and oxygen atoms in total. The van der Waals surface area contributed by atoms with Crippen LogP contribution in [0.4, 0.5) is 0 Å². The van der Waals surface area contributed by atoms with Gasteiger partial charge < -0.3 is 15.4 Å². The van der Waals surface area contributed by atoms with E-state index >= 15 is 0 Å². The summed E-state index contributed by atoms with van der Waals surface area (Å²) in [5.41, 5.74) is 7.47. The number of benzene rings is 1. The minimum absolute atomic E-state index is 0.325. The van der Waals surface area contributed by atoms with Crippen LogP contribution in [0.2, 0.25) is 0 Å². The lowest BCUT2D eigenvalue weighted by atomic mass is 9.93. The van der Waals surface area contributed by atoms with E-state index in [1.807, 2.05) is 0 Å². The van der Waals surface area contributed by atoms with E-state index in [1.54, 1.807) is 0 Å². The maximum absolute atomic E-state index is 6.08. The van der Waals surface area contributed by atoms with Gasteiger partial charge in [0.05, 0.1) is 18.7 Å². The van der Waals surface area contributed by atoms with Crippen LogP contribution in [0.15, 0.2) is 35.3 Å². The molecule has 2 heterocycles. The first-order valence-corrected chi connectivity index (χ1v) is 7.97. The summed E-state index contributed by atoms with van der Waals surface area (Å²) in [6.07, 6.45) is 3.72. The molecule has 0 aliphatic carbocycles. The Hall–Kier alpha value is -1.55. The Morgan fingerprint density at radius 1 is 1.38 bits per heavy atom. The molecule has 21 heavy (non-hydrogen) atoms. The first-order chi connectivity index (χ1) is 10.2. The third kappa shape index (κ3) is 3.38. The highest BCUT2D eigenvalue weighted by atomic mass is 16.5. The molecule has 3 unspecified atom stereocenters. The van der Waals surface area contributed by atoms with Crippen LogP contribution >= 0.6 is 0 Å². The van der Waals surface area contributed by atoms with Crippen molar-refractivity contribution in [2.45, 2.75) is 44.2 Å². The van der Waals surface area contributed by atoms with Crippen molar-refractivity contribution in [3.63, 3.8) is 0 Å². The minimum Gasteiger partial charge on any atom is -0.376 e. The first-order valence-electron chi connectivity index (χ1n) is 7.97. The van der Waals surface area contributed by atoms with E-state index in [-0.39, 0.29) is 0 Å². The van der Waals surface area contributed by atoms with Crippen molar-refractivity contribution in [3.8, 4) is 0 Å². The zero-order valence-electron chi connectivity index (χ0n) is 12.7. The fraction of sp³-hybridized carbons (Fsp3) is 0.588. The second-order valence-electron chi connectivity index (χ2n) is 6.19. The molecule has 0 bridgehead atoms. The van der Waals surface area contributed by atoms with Gasteiger partial charge >= 0.3 is 0 Å². The van der Waals surface area contributed by atoms with Gasteiger partial charge in [-0.05, 0) is 30.7 Å². The van der Waals surface area contributed by atoms with Gasteiger partial charge in [-0.15, -0.1) is 0 Å². The molecule has 1 aromatic rings. The Balaban J connectivity index is 1.61. The first kappa shape index (κ1) is 14.4. The van der Waals surface area contributed by atoms with Crippen LogP contribution < -0.4 is 5.73 Å². The number of rotatable bonds is 5. The van der Waals surface area contributed by atoms with E-state index < -0.39 is 0 Å². The number of hydrogen-bond acceptors (Lipinski definition) is 4. The van der Waals surface area contributed by atoms with Gasteiger partial charge in [0.25, 0.3) is 0 Å². The molecule has 1 saturated heterocycles. The molecule has 4 heteroatoms. The van der Waals surface area contributed by atoms with E-state index in [9.17, 15) is 0 Å². The van der Waals surface area contributed by atoms with Crippen molar-refractivity contribution >= 4 is 5.96 Å². The Kier molecular flexibility index (Phi) is 4.44. The highest BCUT2D eigenvalue weighted by Gasteiger charge is 2.30. The topological polar surface area (TPSA) is 50.8 Å². The van der Waals surface area contributed by atoms with E-state index in [0.29, 0.717) is 24.0 Å². The van der Waals surface area contributed by atoms with E-state index in [4.69, 9.17) is 10.5 Å². The molecule has 0 spiro atoms. The molecule has 2 aliphatic heterocycles. The van der Waals surface area contributed by atoms with Crippen molar-refractivity contribution in [2.75, 3.05) is 19.7 Å². The lowest BCUT2D eigenvalue weighted by molar-refractivity contribution is 0.0838. The highest BCUT2D eigenvalue weighted by Crippen LogP contribution is 2.26. The van der Waals surface area contributed by atoms with Crippen LogP contribution in [0.3, 0.4) is 0 Å². The number of nitrogens with two attached hydrogens (primary N) is 1. The molecule has 0 radical (unpaired) electrons. The van der Waals surface area contributed by atoms with Gasteiger partial charge in [-0.3, -0.25) is 4.99 Å². The lowest BCUT2D eigenvalue weighted by Crippen LogP contribution is -2.45. The number of aliphatic imine (C=N–C) groups is 1. The summed E-state index contributed by atoms with van der Waals surface area (Å²) in [7, 11) is 0. The maximum Gasteiger partial charge on any atom is 0.191 e. The molecule has 2 N–H and O–H groups in total. The van der Waals surface area contributed by atoms with E-state index in [1.165, 1.54) is 12.0 Å². The molecular weight excluding hydrogens is 262 g/mol. The van der Waals surface area contributed by atoms with E-state index in [0.717, 1.165) is 32.5 Å². The summed E-state index contributed by atoms with van der Waals surface area (Å²) in [6, 6.07) is 11.1. The fourth-order valence-electron chi connectivity index (χ4n) is 3.35. The molecule has 1 aromatic carbocycles.